The van der Waals surface area contributed by atoms with Gasteiger partial charge in [-0.3, -0.25) is 0 Å². The van der Waals surface area contributed by atoms with Gasteiger partial charge in [-0.25, -0.2) is 9.59 Å². The number of hydrogen-bond acceptors (Lipinski definition) is 4. The summed E-state index contributed by atoms with van der Waals surface area (Å²) in [6.07, 6.45) is -0.749. The van der Waals surface area contributed by atoms with Crippen molar-refractivity contribution in [3.05, 3.63) is 31.6 Å². The molecular formula is C10H7Br2NO4. The Bertz CT molecular complexity index is 644. The molecule has 0 fully saturated rings. The van der Waals surface area contributed by atoms with E-state index in [0.29, 0.717) is 15.6 Å². The Morgan fingerprint density at radius 2 is 2.18 bits per heavy atom. The van der Waals surface area contributed by atoms with Gasteiger partial charge in [0.1, 0.15) is 5.52 Å². The Balaban J connectivity index is 2.75. The molecule has 2 rings (SSSR count). The van der Waals surface area contributed by atoms with Gasteiger partial charge < -0.3 is 9.15 Å². The average Bonchev–Trinajstić information content (AvgIpc) is 2.55. The maximum atomic E-state index is 11.6. The number of nitrogens with zero attached hydrogens (tertiary/aromatic N) is 1. The lowest BCUT2D eigenvalue weighted by atomic mass is 10.3. The zero-order chi connectivity index (χ0) is 12.6. The Hall–Kier alpha value is -1.08. The molecule has 1 aromatic carbocycles. The molecule has 0 aliphatic carbocycles. The molecule has 0 aliphatic rings. The van der Waals surface area contributed by atoms with Crippen molar-refractivity contribution in [3.63, 3.8) is 0 Å². The quantitative estimate of drug-likeness (QED) is 0.779. The van der Waals surface area contributed by atoms with Crippen LogP contribution in [0.25, 0.3) is 11.1 Å². The van der Waals surface area contributed by atoms with Crippen molar-refractivity contribution >= 4 is 49.1 Å². The molecule has 0 atom stereocenters. The third kappa shape index (κ3) is 2.16. The van der Waals surface area contributed by atoms with Gasteiger partial charge in [-0.1, -0.05) is 15.9 Å². The number of halogens is 2. The van der Waals surface area contributed by atoms with Crippen molar-refractivity contribution in [2.75, 3.05) is 6.61 Å². The largest absolute Gasteiger partial charge is 0.449 e. The molecule has 0 aliphatic heterocycles. The minimum absolute atomic E-state index is 0.188. The number of carbonyl (C=O) groups is 1. The van der Waals surface area contributed by atoms with Gasteiger partial charge in [0, 0.05) is 4.47 Å². The highest BCUT2D eigenvalue weighted by Crippen LogP contribution is 2.27. The van der Waals surface area contributed by atoms with E-state index in [1.54, 1.807) is 19.1 Å². The van der Waals surface area contributed by atoms with E-state index in [4.69, 9.17) is 9.15 Å². The van der Waals surface area contributed by atoms with Gasteiger partial charge in [0.15, 0.2) is 5.58 Å². The average molecular weight is 365 g/mol. The van der Waals surface area contributed by atoms with Crippen molar-refractivity contribution in [1.29, 1.82) is 0 Å². The van der Waals surface area contributed by atoms with Gasteiger partial charge in [0.2, 0.25) is 0 Å². The first-order valence-corrected chi connectivity index (χ1v) is 6.31. The summed E-state index contributed by atoms with van der Waals surface area (Å²) >= 11 is 6.53. The Labute approximate surface area is 113 Å². The minimum Gasteiger partial charge on any atom is -0.449 e. The molecule has 0 amide bonds. The van der Waals surface area contributed by atoms with Crippen LogP contribution in [0.15, 0.2) is 30.3 Å². The van der Waals surface area contributed by atoms with Crippen molar-refractivity contribution in [2.45, 2.75) is 6.92 Å². The first-order chi connectivity index (χ1) is 8.04. The van der Waals surface area contributed by atoms with E-state index in [-0.39, 0.29) is 6.61 Å². The van der Waals surface area contributed by atoms with Gasteiger partial charge >= 0.3 is 11.8 Å². The Kier molecular flexibility index (Phi) is 3.39. The molecule has 1 heterocycles. The fraction of sp³-hybridized carbons (Fsp3) is 0.200. The van der Waals surface area contributed by atoms with Crippen LogP contribution in [0.5, 0.6) is 0 Å². The third-order valence-electron chi connectivity index (χ3n) is 2.05. The van der Waals surface area contributed by atoms with E-state index < -0.39 is 11.8 Å². The number of ether oxygens (including phenoxy) is 1. The summed E-state index contributed by atoms with van der Waals surface area (Å²) < 4.78 is 11.9. The van der Waals surface area contributed by atoms with E-state index in [0.717, 1.165) is 9.04 Å². The molecule has 1 aromatic heterocycles. The summed E-state index contributed by atoms with van der Waals surface area (Å²) in [5.74, 6) is -0.766. The molecule has 0 saturated heterocycles. The molecule has 0 saturated carbocycles. The molecule has 0 bridgehead atoms. The highest BCUT2D eigenvalue weighted by Gasteiger charge is 2.19. The van der Waals surface area contributed by atoms with Gasteiger partial charge in [-0.2, -0.15) is 4.57 Å². The van der Waals surface area contributed by atoms with Gasteiger partial charge in [0.25, 0.3) is 0 Å². The molecule has 7 heteroatoms. The predicted molar refractivity (Wildman–Crippen MR) is 68.3 cm³/mol. The predicted octanol–water partition coefficient (Wildman–Crippen LogP) is 3.12. The maximum Gasteiger partial charge on any atom is 0.429 e. The molecule has 0 spiro atoms. The molecule has 0 N–H and O–H groups in total. The van der Waals surface area contributed by atoms with Crippen LogP contribution in [-0.4, -0.2) is 17.3 Å². The molecule has 0 radical (unpaired) electrons. The highest BCUT2D eigenvalue weighted by atomic mass is 79.9. The summed E-state index contributed by atoms with van der Waals surface area (Å²) in [6.45, 7) is 1.85. The number of aromatic nitrogens is 1. The van der Waals surface area contributed by atoms with Gasteiger partial charge in [-0.05, 0) is 35.0 Å². The lowest BCUT2D eigenvalue weighted by Gasteiger charge is -2.01. The number of rotatable bonds is 1. The number of fused-ring (bicyclic) bond motifs is 1. The van der Waals surface area contributed by atoms with E-state index in [9.17, 15) is 9.59 Å². The normalized spacial score (nSPS) is 10.8. The molecule has 90 valence electrons. The number of oxazole rings is 1. The van der Waals surface area contributed by atoms with Crippen LogP contribution in [0.1, 0.15) is 6.92 Å². The third-order valence-corrected chi connectivity index (χ3v) is 3.10. The molecule has 2 aromatic rings. The van der Waals surface area contributed by atoms with Crippen molar-refractivity contribution < 1.29 is 13.9 Å². The standard InChI is InChI=1S/C10H7Br2NO4/c1-2-16-9(14)13-7-4-5(11)3-6(12)8(7)17-10(13)15/h3-4H,2H2,1H3. The first-order valence-electron chi connectivity index (χ1n) is 4.72. The fourth-order valence-electron chi connectivity index (χ4n) is 1.41. The second kappa shape index (κ2) is 4.66. The van der Waals surface area contributed by atoms with Crippen molar-refractivity contribution in [1.82, 2.24) is 4.57 Å². The Morgan fingerprint density at radius 1 is 1.47 bits per heavy atom. The van der Waals surface area contributed by atoms with E-state index in [1.807, 2.05) is 0 Å². The van der Waals surface area contributed by atoms with Crippen LogP contribution in [-0.2, 0) is 4.74 Å². The minimum atomic E-state index is -0.766. The van der Waals surface area contributed by atoms with Gasteiger partial charge in [0.05, 0.1) is 11.1 Å². The summed E-state index contributed by atoms with van der Waals surface area (Å²) in [4.78, 5) is 23.2. The monoisotopic (exact) mass is 363 g/mol. The molecular weight excluding hydrogens is 358 g/mol. The number of hydrogen-bond donors (Lipinski definition) is 0. The summed E-state index contributed by atoms with van der Waals surface area (Å²) in [7, 11) is 0. The van der Waals surface area contributed by atoms with Crippen LogP contribution in [0, 0.1) is 0 Å². The van der Waals surface area contributed by atoms with Crippen LogP contribution < -0.4 is 5.76 Å². The van der Waals surface area contributed by atoms with E-state index >= 15 is 0 Å². The first kappa shape index (κ1) is 12.4. The van der Waals surface area contributed by atoms with Gasteiger partial charge in [-0.15, -0.1) is 0 Å². The summed E-state index contributed by atoms with van der Waals surface area (Å²) in [6, 6.07) is 3.34. The SMILES string of the molecule is CCOC(=O)n1c(=O)oc2c(Br)cc(Br)cc21. The van der Waals surface area contributed by atoms with E-state index in [2.05, 4.69) is 31.9 Å². The zero-order valence-corrected chi connectivity index (χ0v) is 11.9. The second-order valence-electron chi connectivity index (χ2n) is 3.14. The van der Waals surface area contributed by atoms with Crippen LogP contribution in [0.4, 0.5) is 4.79 Å². The topological polar surface area (TPSA) is 61.4 Å². The van der Waals surface area contributed by atoms with Crippen LogP contribution in [0.2, 0.25) is 0 Å². The number of carbonyl (C=O) groups excluding carboxylic acids is 1. The van der Waals surface area contributed by atoms with Crippen LogP contribution in [0.3, 0.4) is 0 Å². The molecule has 0 unspecified atom stereocenters. The lowest BCUT2D eigenvalue weighted by molar-refractivity contribution is 0.153. The van der Waals surface area contributed by atoms with Crippen LogP contribution >= 0.6 is 31.9 Å². The Morgan fingerprint density at radius 3 is 2.82 bits per heavy atom. The fourth-order valence-corrected chi connectivity index (χ4v) is 2.69. The highest BCUT2D eigenvalue weighted by molar-refractivity contribution is 9.11. The van der Waals surface area contributed by atoms with Crippen molar-refractivity contribution in [3.8, 4) is 0 Å². The van der Waals surface area contributed by atoms with E-state index in [1.165, 1.54) is 0 Å². The number of benzene rings is 1. The second-order valence-corrected chi connectivity index (χ2v) is 4.91. The van der Waals surface area contributed by atoms with Crippen molar-refractivity contribution in [2.24, 2.45) is 0 Å². The maximum absolute atomic E-state index is 11.6. The lowest BCUT2D eigenvalue weighted by Crippen LogP contribution is -2.23. The zero-order valence-electron chi connectivity index (χ0n) is 8.70. The summed E-state index contributed by atoms with van der Waals surface area (Å²) in [5.41, 5.74) is 0.668. The summed E-state index contributed by atoms with van der Waals surface area (Å²) in [5, 5.41) is 0. The molecule has 17 heavy (non-hydrogen) atoms. The molecule has 5 nitrogen and oxygen atoms in total. The smallest absolute Gasteiger partial charge is 0.429 e.